The van der Waals surface area contributed by atoms with Crippen molar-refractivity contribution in [1.29, 1.82) is 0 Å². The van der Waals surface area contributed by atoms with Gasteiger partial charge in [-0.15, -0.1) is 0 Å². The lowest BCUT2D eigenvalue weighted by atomic mass is 9.77. The van der Waals surface area contributed by atoms with Crippen LogP contribution >= 0.6 is 0 Å². The molecule has 7 atom stereocenters. The summed E-state index contributed by atoms with van der Waals surface area (Å²) in [5.74, 6) is -3.83. The maximum absolute atomic E-state index is 14.8. The highest BCUT2D eigenvalue weighted by atomic mass is 16.6. The normalized spacial score (nSPS) is 30.0. The van der Waals surface area contributed by atoms with E-state index in [0.717, 1.165) is 18.8 Å². The first-order valence-corrected chi connectivity index (χ1v) is 17.9. The van der Waals surface area contributed by atoms with Crippen molar-refractivity contribution in [1.82, 2.24) is 10.2 Å². The maximum Gasteiger partial charge on any atom is 0.313 e. The van der Waals surface area contributed by atoms with Gasteiger partial charge in [0.25, 0.3) is 5.91 Å². The number of hydrogen-bond donors (Lipinski definition) is 2. The lowest BCUT2D eigenvalue weighted by Crippen LogP contribution is -2.55. The Morgan fingerprint density at radius 3 is 2.43 bits per heavy atom. The number of allylic oxidation sites excluding steroid dienone is 1. The van der Waals surface area contributed by atoms with Gasteiger partial charge in [0.15, 0.2) is 0 Å². The molecule has 2 N–H and O–H groups in total. The van der Waals surface area contributed by atoms with Gasteiger partial charge in [0, 0.05) is 57.7 Å². The summed E-state index contributed by atoms with van der Waals surface area (Å²) in [6.07, 6.45) is 6.05. The highest BCUT2D eigenvalue weighted by Gasteiger charge is 2.71. The van der Waals surface area contributed by atoms with Gasteiger partial charge in [-0.25, -0.2) is 0 Å². The van der Waals surface area contributed by atoms with Gasteiger partial charge in [-0.1, -0.05) is 54.6 Å². The smallest absolute Gasteiger partial charge is 0.313 e. The average molecular weight is 701 g/mol. The molecule has 272 valence electrons. The molecular weight excluding hydrogens is 652 g/mol. The van der Waals surface area contributed by atoms with Crippen molar-refractivity contribution >= 4 is 35.1 Å². The molecule has 0 radical (unpaired) electrons. The minimum atomic E-state index is -1.49. The van der Waals surface area contributed by atoms with Crippen LogP contribution in [-0.4, -0.2) is 104 Å². The largest absolute Gasteiger partial charge is 0.455 e. The van der Waals surface area contributed by atoms with E-state index in [1.165, 1.54) is 12.0 Å². The zero-order valence-corrected chi connectivity index (χ0v) is 29.5. The molecule has 4 aliphatic rings. The first-order valence-electron chi connectivity index (χ1n) is 17.9. The third kappa shape index (κ3) is 6.92. The van der Waals surface area contributed by atoms with Crippen molar-refractivity contribution in [2.75, 3.05) is 56.3 Å². The van der Waals surface area contributed by atoms with Crippen LogP contribution in [-0.2, 0) is 33.4 Å². The second kappa shape index (κ2) is 15.8. The number of esters is 1. The van der Waals surface area contributed by atoms with Gasteiger partial charge in [0.2, 0.25) is 11.8 Å². The van der Waals surface area contributed by atoms with E-state index in [1.807, 2.05) is 60.7 Å². The van der Waals surface area contributed by atoms with Crippen molar-refractivity contribution in [2.24, 2.45) is 11.8 Å². The molecule has 2 saturated heterocycles. The van der Waals surface area contributed by atoms with E-state index >= 15 is 0 Å². The number of carbonyl (C=O) groups is 4. The molecule has 4 heterocycles. The summed E-state index contributed by atoms with van der Waals surface area (Å²) in [4.78, 5) is 62.3. The Bertz CT molecular complexity index is 1630. The number of methoxy groups -OCH3 is 1. The van der Waals surface area contributed by atoms with Gasteiger partial charge in [0.1, 0.15) is 23.7 Å². The Balaban J connectivity index is 1.41. The van der Waals surface area contributed by atoms with E-state index in [4.69, 9.17) is 14.2 Å². The van der Waals surface area contributed by atoms with Gasteiger partial charge in [-0.05, 0) is 56.5 Å². The third-order valence-corrected chi connectivity index (χ3v) is 10.4. The van der Waals surface area contributed by atoms with E-state index in [-0.39, 0.29) is 51.0 Å². The summed E-state index contributed by atoms with van der Waals surface area (Å²) in [5.41, 5.74) is 0.877. The Kier molecular flexibility index (Phi) is 11.2. The molecule has 0 saturated carbocycles. The van der Waals surface area contributed by atoms with Crippen LogP contribution in [0.5, 0.6) is 0 Å². The molecule has 2 aromatic rings. The number of carbonyl (C=O) groups excluding carboxylic acids is 4. The quantitative estimate of drug-likeness (QED) is 0.283. The number of nitrogens with zero attached hydrogens (tertiary/aromatic N) is 3. The molecule has 6 rings (SSSR count). The molecule has 0 aliphatic carbocycles. The van der Waals surface area contributed by atoms with Gasteiger partial charge in [0.05, 0.1) is 24.7 Å². The number of likely N-dealkylation sites (tertiary alicyclic amines) is 1. The number of hydrogen-bond acceptors (Lipinski definition) is 9. The van der Waals surface area contributed by atoms with Gasteiger partial charge in [-0.3, -0.25) is 19.2 Å². The monoisotopic (exact) mass is 700 g/mol. The molecular formula is C39H48N4O8. The minimum absolute atomic E-state index is 0.0747. The number of anilines is 2. The predicted octanol–water partition coefficient (Wildman–Crippen LogP) is 3.16. The molecule has 0 aromatic heterocycles. The molecule has 12 nitrogen and oxygen atoms in total. The first-order chi connectivity index (χ1) is 24.8. The molecule has 51 heavy (non-hydrogen) atoms. The van der Waals surface area contributed by atoms with Crippen molar-refractivity contribution in [3.63, 3.8) is 0 Å². The number of aliphatic hydroxyl groups is 1. The topological polar surface area (TPSA) is 138 Å². The van der Waals surface area contributed by atoms with E-state index in [1.54, 1.807) is 23.1 Å². The number of fused-ring (bicyclic) bond motifs is 2. The second-order valence-electron chi connectivity index (χ2n) is 13.4. The molecule has 0 unspecified atom stereocenters. The number of ether oxygens (including phenoxy) is 3. The summed E-state index contributed by atoms with van der Waals surface area (Å²) in [6, 6.07) is 15.1. The van der Waals surface area contributed by atoms with Crippen LogP contribution in [0.3, 0.4) is 0 Å². The van der Waals surface area contributed by atoms with Crippen LogP contribution in [0.25, 0.3) is 0 Å². The van der Waals surface area contributed by atoms with Crippen LogP contribution in [0.1, 0.15) is 44.8 Å². The summed E-state index contributed by atoms with van der Waals surface area (Å²) in [5, 5.41) is 12.8. The van der Waals surface area contributed by atoms with Crippen molar-refractivity contribution in [3.8, 4) is 0 Å². The van der Waals surface area contributed by atoms with E-state index < -0.39 is 53.6 Å². The average Bonchev–Trinajstić information content (AvgIpc) is 3.52. The second-order valence-corrected chi connectivity index (χ2v) is 13.4. The molecule has 2 aromatic carbocycles. The van der Waals surface area contributed by atoms with Crippen LogP contribution < -0.4 is 15.1 Å². The molecule has 1 spiro atoms. The highest BCUT2D eigenvalue weighted by molar-refractivity contribution is 6.05. The fraction of sp³-hybridized carbons (Fsp3) is 0.487. The number of rotatable bonds is 10. The van der Waals surface area contributed by atoms with Gasteiger partial charge >= 0.3 is 5.97 Å². The molecule has 0 bridgehead atoms. The molecule has 4 aliphatic heterocycles. The summed E-state index contributed by atoms with van der Waals surface area (Å²) in [6.45, 7) is 6.10. The van der Waals surface area contributed by atoms with Crippen LogP contribution in [0.2, 0.25) is 0 Å². The summed E-state index contributed by atoms with van der Waals surface area (Å²) < 4.78 is 18.6. The van der Waals surface area contributed by atoms with E-state index in [0.29, 0.717) is 17.7 Å². The number of cyclic esters (lactones) is 1. The van der Waals surface area contributed by atoms with Crippen molar-refractivity contribution in [3.05, 3.63) is 84.5 Å². The summed E-state index contributed by atoms with van der Waals surface area (Å²) >= 11 is 0. The van der Waals surface area contributed by atoms with Crippen LogP contribution in [0.15, 0.2) is 78.9 Å². The number of amides is 3. The number of benzene rings is 2. The lowest BCUT2D eigenvalue weighted by molar-refractivity contribution is -0.162. The Labute approximate surface area is 299 Å². The molecule has 12 heteroatoms. The number of nitrogens with one attached hydrogen (secondary N) is 1. The fourth-order valence-electron chi connectivity index (χ4n) is 8.03. The van der Waals surface area contributed by atoms with E-state index in [2.05, 4.69) is 24.1 Å². The zero-order valence-electron chi connectivity index (χ0n) is 29.5. The summed E-state index contributed by atoms with van der Waals surface area (Å²) in [7, 11) is 1.51. The minimum Gasteiger partial charge on any atom is -0.455 e. The Morgan fingerprint density at radius 2 is 1.75 bits per heavy atom. The fourth-order valence-corrected chi connectivity index (χ4v) is 8.03. The molecule has 2 fully saturated rings. The zero-order chi connectivity index (χ0) is 36.1. The van der Waals surface area contributed by atoms with Gasteiger partial charge in [-0.2, -0.15) is 0 Å². The first kappa shape index (κ1) is 36.3. The Hall–Kier alpha value is -4.52. The Morgan fingerprint density at radius 1 is 1.00 bits per heavy atom. The molecule has 3 amide bonds. The van der Waals surface area contributed by atoms with Crippen LogP contribution in [0, 0.1) is 11.8 Å². The third-order valence-electron chi connectivity index (χ3n) is 10.4. The maximum atomic E-state index is 14.8. The van der Waals surface area contributed by atoms with Gasteiger partial charge < -0.3 is 39.3 Å². The van der Waals surface area contributed by atoms with Crippen molar-refractivity contribution in [2.45, 2.75) is 63.0 Å². The van der Waals surface area contributed by atoms with Crippen LogP contribution in [0.4, 0.5) is 11.4 Å². The lowest BCUT2D eigenvalue weighted by Gasteiger charge is -2.35. The SMILES string of the molecule is CCN(CC)c1ccc(N2CC=C[C@@]34O[C@H]5/C=C\CCC(=O)N[C@@H](COC)[C@H](c6ccccc6)OC(=O)[C@H]5[C@@H]3C(=O)N(CCCO)[C@H]4C2=O)cc1. The standard InChI is InChI=1S/C39H48N4O8/c1-4-41(5-2)27-17-19-28(20-18-27)42-22-11-21-39-33(36(46)43(23-12-24-44)35(39)37(42)47)32-30(51-39)15-9-10-16-31(45)40-29(25-49-3)34(50-38(32)48)26-13-7-6-8-14-26/h6-9,11,13-15,17-21,29-30,32-35,44H,4-5,10,12,16,22-25H2,1-3H3,(H,40,45)/b15-9-/t29-,30-,32+,33+,34-,35-,39+/m0/s1. The van der Waals surface area contributed by atoms with Crippen molar-refractivity contribution < 1.29 is 38.5 Å². The predicted molar refractivity (Wildman–Crippen MR) is 191 cm³/mol. The highest BCUT2D eigenvalue weighted by Crippen LogP contribution is 2.53. The number of aliphatic hydroxyl groups excluding tert-OH is 1. The van der Waals surface area contributed by atoms with E-state index in [9.17, 15) is 24.3 Å².